The van der Waals surface area contributed by atoms with Crippen molar-refractivity contribution in [2.75, 3.05) is 18.5 Å². The number of nitriles is 2. The van der Waals surface area contributed by atoms with E-state index in [0.29, 0.717) is 17.2 Å². The number of hydrogen-bond donors (Lipinski definition) is 1. The topological polar surface area (TPSA) is 68.8 Å². The van der Waals surface area contributed by atoms with E-state index in [9.17, 15) is 0 Å². The molecule has 0 spiro atoms. The van der Waals surface area contributed by atoms with Gasteiger partial charge >= 0.3 is 0 Å². The van der Waals surface area contributed by atoms with E-state index in [1.54, 1.807) is 12.1 Å². The lowest BCUT2D eigenvalue weighted by Gasteiger charge is -2.17. The summed E-state index contributed by atoms with van der Waals surface area (Å²) in [6, 6.07) is 9.73. The summed E-state index contributed by atoms with van der Waals surface area (Å²) in [7, 11) is 0. The predicted molar refractivity (Wildman–Crippen MR) is 68.0 cm³/mol. The Bertz CT molecular complexity index is 491. The third kappa shape index (κ3) is 3.00. The van der Waals surface area contributed by atoms with Gasteiger partial charge in [-0.15, -0.1) is 0 Å². The average Bonchev–Trinajstić information content (AvgIpc) is 2.67. The fraction of sp³-hybridized carbons (Fsp3) is 0.429. The van der Waals surface area contributed by atoms with Gasteiger partial charge in [-0.25, -0.2) is 0 Å². The van der Waals surface area contributed by atoms with Crippen LogP contribution in [-0.4, -0.2) is 19.3 Å². The molecule has 2 rings (SSSR count). The molecule has 0 bridgehead atoms. The minimum Gasteiger partial charge on any atom is -0.382 e. The molecule has 0 aliphatic carbocycles. The SMILES string of the molecule is N#Cc1ccc(NC2CCCOCC2)cc1C#N. The van der Waals surface area contributed by atoms with Gasteiger partial charge in [0.05, 0.1) is 11.1 Å². The summed E-state index contributed by atoms with van der Waals surface area (Å²) in [5.74, 6) is 0. The Hall–Kier alpha value is -2.04. The van der Waals surface area contributed by atoms with Gasteiger partial charge in [0.1, 0.15) is 12.1 Å². The minimum atomic E-state index is 0.381. The Morgan fingerprint density at radius 2 is 1.94 bits per heavy atom. The van der Waals surface area contributed by atoms with Gasteiger partial charge in [-0.1, -0.05) is 0 Å². The molecule has 1 N–H and O–H groups in total. The molecule has 1 saturated heterocycles. The van der Waals surface area contributed by atoms with Crippen molar-refractivity contribution in [3.8, 4) is 12.1 Å². The summed E-state index contributed by atoms with van der Waals surface area (Å²) < 4.78 is 5.41. The van der Waals surface area contributed by atoms with Crippen molar-refractivity contribution >= 4 is 5.69 Å². The first kappa shape index (κ1) is 12.4. The Kier molecular flexibility index (Phi) is 4.17. The molecule has 1 aromatic carbocycles. The molecule has 1 heterocycles. The van der Waals surface area contributed by atoms with Crippen LogP contribution in [0, 0.1) is 22.7 Å². The molecule has 1 aromatic rings. The highest BCUT2D eigenvalue weighted by atomic mass is 16.5. The molecule has 1 aliphatic rings. The molecule has 92 valence electrons. The first-order valence-electron chi connectivity index (χ1n) is 6.12. The molecule has 1 unspecified atom stereocenters. The first-order valence-corrected chi connectivity index (χ1v) is 6.12. The number of hydrogen-bond acceptors (Lipinski definition) is 4. The minimum absolute atomic E-state index is 0.381. The van der Waals surface area contributed by atoms with Gasteiger partial charge in [-0.05, 0) is 37.5 Å². The fourth-order valence-electron chi connectivity index (χ4n) is 2.11. The van der Waals surface area contributed by atoms with Crippen LogP contribution in [0.15, 0.2) is 18.2 Å². The molecule has 4 nitrogen and oxygen atoms in total. The maximum atomic E-state index is 8.98. The number of rotatable bonds is 2. The highest BCUT2D eigenvalue weighted by molar-refractivity contribution is 5.56. The number of anilines is 1. The van der Waals surface area contributed by atoms with Gasteiger partial charge in [0.15, 0.2) is 0 Å². The Balaban J connectivity index is 2.10. The van der Waals surface area contributed by atoms with E-state index >= 15 is 0 Å². The van der Waals surface area contributed by atoms with E-state index in [0.717, 1.165) is 38.2 Å². The average molecular weight is 241 g/mol. The summed E-state index contributed by atoms with van der Waals surface area (Å²) in [4.78, 5) is 0. The zero-order chi connectivity index (χ0) is 12.8. The molecule has 0 amide bonds. The number of ether oxygens (including phenoxy) is 1. The Morgan fingerprint density at radius 1 is 1.11 bits per heavy atom. The zero-order valence-electron chi connectivity index (χ0n) is 10.1. The molecular weight excluding hydrogens is 226 g/mol. The monoisotopic (exact) mass is 241 g/mol. The van der Waals surface area contributed by atoms with Crippen LogP contribution in [0.25, 0.3) is 0 Å². The van der Waals surface area contributed by atoms with E-state index in [4.69, 9.17) is 15.3 Å². The van der Waals surface area contributed by atoms with Gasteiger partial charge in [0, 0.05) is 24.9 Å². The van der Waals surface area contributed by atoms with Crippen molar-refractivity contribution < 1.29 is 4.74 Å². The maximum absolute atomic E-state index is 8.98. The van der Waals surface area contributed by atoms with Crippen LogP contribution in [0.5, 0.6) is 0 Å². The molecule has 1 fully saturated rings. The molecule has 1 aliphatic heterocycles. The van der Waals surface area contributed by atoms with Crippen LogP contribution in [-0.2, 0) is 4.74 Å². The van der Waals surface area contributed by atoms with Crippen LogP contribution in [0.1, 0.15) is 30.4 Å². The second-order valence-electron chi connectivity index (χ2n) is 4.37. The maximum Gasteiger partial charge on any atom is 0.101 e. The molecule has 0 saturated carbocycles. The quantitative estimate of drug-likeness (QED) is 0.863. The van der Waals surface area contributed by atoms with Crippen LogP contribution >= 0.6 is 0 Å². The van der Waals surface area contributed by atoms with Gasteiger partial charge in [0.2, 0.25) is 0 Å². The van der Waals surface area contributed by atoms with Crippen molar-refractivity contribution in [1.82, 2.24) is 0 Å². The second kappa shape index (κ2) is 6.05. The normalized spacial score (nSPS) is 19.3. The van der Waals surface area contributed by atoms with Crippen LogP contribution < -0.4 is 5.32 Å². The van der Waals surface area contributed by atoms with Gasteiger partial charge in [-0.3, -0.25) is 0 Å². The first-order chi connectivity index (χ1) is 8.83. The van der Waals surface area contributed by atoms with E-state index in [1.165, 1.54) is 0 Å². The summed E-state index contributed by atoms with van der Waals surface area (Å²) in [6.45, 7) is 1.61. The smallest absolute Gasteiger partial charge is 0.101 e. The largest absolute Gasteiger partial charge is 0.382 e. The molecule has 1 atom stereocenters. The van der Waals surface area contributed by atoms with Crippen molar-refractivity contribution in [2.24, 2.45) is 0 Å². The van der Waals surface area contributed by atoms with E-state index < -0.39 is 0 Å². The second-order valence-corrected chi connectivity index (χ2v) is 4.37. The fourth-order valence-corrected chi connectivity index (χ4v) is 2.11. The van der Waals surface area contributed by atoms with Crippen molar-refractivity contribution in [1.29, 1.82) is 10.5 Å². The van der Waals surface area contributed by atoms with Gasteiger partial charge in [-0.2, -0.15) is 10.5 Å². The summed E-state index contributed by atoms with van der Waals surface area (Å²) in [5.41, 5.74) is 1.75. The molecule has 0 radical (unpaired) electrons. The molecule has 4 heteroatoms. The predicted octanol–water partition coefficient (Wildman–Crippen LogP) is 2.41. The number of nitrogens with one attached hydrogen (secondary N) is 1. The van der Waals surface area contributed by atoms with Crippen molar-refractivity contribution in [3.63, 3.8) is 0 Å². The molecular formula is C14H15N3O. The zero-order valence-corrected chi connectivity index (χ0v) is 10.1. The third-order valence-electron chi connectivity index (χ3n) is 3.08. The highest BCUT2D eigenvalue weighted by Gasteiger charge is 2.12. The lowest BCUT2D eigenvalue weighted by Crippen LogP contribution is -2.19. The summed E-state index contributed by atoms with van der Waals surface area (Å²) in [6.07, 6.45) is 3.10. The standard InChI is InChI=1S/C14H15N3O/c15-9-11-3-4-14(8-12(11)10-16)17-13-2-1-6-18-7-5-13/h3-4,8,13,17H,1-2,5-7H2. The third-order valence-corrected chi connectivity index (χ3v) is 3.08. The van der Waals surface area contributed by atoms with Crippen LogP contribution in [0.3, 0.4) is 0 Å². The lowest BCUT2D eigenvalue weighted by atomic mass is 10.1. The van der Waals surface area contributed by atoms with E-state index in [1.807, 2.05) is 18.2 Å². The van der Waals surface area contributed by atoms with Gasteiger partial charge in [0.25, 0.3) is 0 Å². The van der Waals surface area contributed by atoms with Crippen molar-refractivity contribution in [3.05, 3.63) is 29.3 Å². The molecule has 18 heavy (non-hydrogen) atoms. The van der Waals surface area contributed by atoms with Crippen LogP contribution in [0.2, 0.25) is 0 Å². The van der Waals surface area contributed by atoms with Crippen LogP contribution in [0.4, 0.5) is 5.69 Å². The number of nitrogens with zero attached hydrogens (tertiary/aromatic N) is 2. The highest BCUT2D eigenvalue weighted by Crippen LogP contribution is 2.19. The van der Waals surface area contributed by atoms with E-state index in [2.05, 4.69) is 5.32 Å². The van der Waals surface area contributed by atoms with Crippen molar-refractivity contribution in [2.45, 2.75) is 25.3 Å². The van der Waals surface area contributed by atoms with Gasteiger partial charge < -0.3 is 10.1 Å². The number of benzene rings is 1. The summed E-state index contributed by atoms with van der Waals surface area (Å²) >= 11 is 0. The molecule has 0 aromatic heterocycles. The summed E-state index contributed by atoms with van der Waals surface area (Å²) in [5, 5.41) is 21.2. The van der Waals surface area contributed by atoms with E-state index in [-0.39, 0.29) is 0 Å². The lowest BCUT2D eigenvalue weighted by molar-refractivity contribution is 0.144. The Morgan fingerprint density at radius 3 is 2.72 bits per heavy atom. The Labute approximate surface area is 107 Å².